The van der Waals surface area contributed by atoms with Gasteiger partial charge in [-0.2, -0.15) is 0 Å². The van der Waals surface area contributed by atoms with Crippen LogP contribution < -0.4 is 0 Å². The minimum atomic E-state index is -0.123. The van der Waals surface area contributed by atoms with Crippen LogP contribution in [0.1, 0.15) is 33.1 Å². The Morgan fingerprint density at radius 3 is 2.08 bits per heavy atom. The fourth-order valence-electron chi connectivity index (χ4n) is 3.69. The number of carbonyl (C=O) groups is 1. The SMILES string of the molecule is Cc1ccc(O)cc1C(=O)N(C)C1c2ccccc2-c2ccccc21. The van der Waals surface area contributed by atoms with Crippen LogP contribution in [0.25, 0.3) is 11.1 Å². The lowest BCUT2D eigenvalue weighted by Gasteiger charge is -2.27. The van der Waals surface area contributed by atoms with E-state index in [9.17, 15) is 9.90 Å². The van der Waals surface area contributed by atoms with E-state index in [2.05, 4.69) is 24.3 Å². The minimum Gasteiger partial charge on any atom is -0.508 e. The molecule has 3 heteroatoms. The maximum Gasteiger partial charge on any atom is 0.254 e. The van der Waals surface area contributed by atoms with Crippen LogP contribution in [0.15, 0.2) is 66.7 Å². The van der Waals surface area contributed by atoms with Crippen molar-refractivity contribution in [1.29, 1.82) is 0 Å². The van der Waals surface area contributed by atoms with Crippen molar-refractivity contribution in [3.8, 4) is 16.9 Å². The molecule has 1 aliphatic carbocycles. The van der Waals surface area contributed by atoms with Crippen LogP contribution in [0.3, 0.4) is 0 Å². The second-order valence-corrected chi connectivity index (χ2v) is 6.49. The Bertz CT molecular complexity index is 932. The third-order valence-electron chi connectivity index (χ3n) is 4.96. The van der Waals surface area contributed by atoms with Crippen LogP contribution in [0.4, 0.5) is 0 Å². The molecule has 0 fully saturated rings. The number of benzene rings is 3. The Labute approximate surface area is 147 Å². The third-order valence-corrected chi connectivity index (χ3v) is 4.96. The Morgan fingerprint density at radius 2 is 1.48 bits per heavy atom. The molecule has 1 N–H and O–H groups in total. The van der Waals surface area contributed by atoms with Crippen LogP contribution in [0, 0.1) is 6.92 Å². The number of carbonyl (C=O) groups excluding carboxylic acids is 1. The van der Waals surface area contributed by atoms with Crippen molar-refractivity contribution in [2.45, 2.75) is 13.0 Å². The lowest BCUT2D eigenvalue weighted by Crippen LogP contribution is -2.31. The van der Waals surface area contributed by atoms with Gasteiger partial charge >= 0.3 is 0 Å². The van der Waals surface area contributed by atoms with E-state index in [1.807, 2.05) is 38.2 Å². The van der Waals surface area contributed by atoms with Crippen molar-refractivity contribution in [1.82, 2.24) is 4.90 Å². The van der Waals surface area contributed by atoms with E-state index in [0.29, 0.717) is 5.56 Å². The van der Waals surface area contributed by atoms with Crippen LogP contribution >= 0.6 is 0 Å². The summed E-state index contributed by atoms with van der Waals surface area (Å²) in [5.74, 6) is 0.0134. The van der Waals surface area contributed by atoms with Gasteiger partial charge in [-0.25, -0.2) is 0 Å². The van der Waals surface area contributed by atoms with Crippen molar-refractivity contribution in [2.24, 2.45) is 0 Å². The van der Waals surface area contributed by atoms with Crippen LogP contribution in [0.5, 0.6) is 5.75 Å². The van der Waals surface area contributed by atoms with E-state index < -0.39 is 0 Å². The van der Waals surface area contributed by atoms with Crippen molar-refractivity contribution in [3.05, 3.63) is 89.0 Å². The lowest BCUT2D eigenvalue weighted by molar-refractivity contribution is 0.0756. The maximum absolute atomic E-state index is 13.1. The van der Waals surface area contributed by atoms with Gasteiger partial charge in [-0.05, 0) is 46.9 Å². The Hall–Kier alpha value is -3.07. The van der Waals surface area contributed by atoms with Gasteiger partial charge in [-0.1, -0.05) is 54.6 Å². The number of rotatable bonds is 2. The quantitative estimate of drug-likeness (QED) is 0.750. The van der Waals surface area contributed by atoms with Gasteiger partial charge in [0.1, 0.15) is 5.75 Å². The average Bonchev–Trinajstić information content (AvgIpc) is 2.97. The molecule has 25 heavy (non-hydrogen) atoms. The first-order chi connectivity index (χ1) is 12.1. The molecule has 1 amide bonds. The molecule has 0 saturated carbocycles. The fourth-order valence-corrected chi connectivity index (χ4v) is 3.69. The predicted octanol–water partition coefficient (Wildman–Crippen LogP) is 4.54. The standard InChI is InChI=1S/C22H19NO2/c1-14-11-12-15(24)13-20(14)22(25)23(2)21-18-9-5-3-7-16(18)17-8-4-6-10-19(17)21/h3-13,21,24H,1-2H3. The summed E-state index contributed by atoms with van der Waals surface area (Å²) in [6.45, 7) is 1.89. The summed E-state index contributed by atoms with van der Waals surface area (Å²) in [6.07, 6.45) is 0. The highest BCUT2D eigenvalue weighted by molar-refractivity contribution is 5.97. The van der Waals surface area contributed by atoms with E-state index in [0.717, 1.165) is 16.7 Å². The number of phenols is 1. The van der Waals surface area contributed by atoms with Gasteiger partial charge in [0, 0.05) is 12.6 Å². The maximum atomic E-state index is 13.1. The minimum absolute atomic E-state index is 0.0927. The molecule has 0 unspecified atom stereocenters. The molecular weight excluding hydrogens is 310 g/mol. The zero-order chi connectivity index (χ0) is 17.6. The van der Waals surface area contributed by atoms with Gasteiger partial charge in [-0.3, -0.25) is 4.79 Å². The summed E-state index contributed by atoms with van der Waals surface area (Å²) in [7, 11) is 1.83. The van der Waals surface area contributed by atoms with Gasteiger partial charge in [0.15, 0.2) is 0 Å². The summed E-state index contributed by atoms with van der Waals surface area (Å²) in [5.41, 5.74) is 6.01. The average molecular weight is 329 g/mol. The third kappa shape index (κ3) is 2.40. The first kappa shape index (κ1) is 15.5. The molecule has 3 aromatic carbocycles. The van der Waals surface area contributed by atoms with Gasteiger partial charge in [0.25, 0.3) is 5.91 Å². The summed E-state index contributed by atoms with van der Waals surface area (Å²) < 4.78 is 0. The van der Waals surface area contributed by atoms with E-state index in [1.54, 1.807) is 23.1 Å². The smallest absolute Gasteiger partial charge is 0.254 e. The number of aryl methyl sites for hydroxylation is 1. The molecule has 4 rings (SSSR count). The number of hydrogen-bond donors (Lipinski definition) is 1. The van der Waals surface area contributed by atoms with Gasteiger partial charge in [0.2, 0.25) is 0 Å². The molecule has 1 aliphatic rings. The first-order valence-electron chi connectivity index (χ1n) is 8.33. The van der Waals surface area contributed by atoms with Crippen molar-refractivity contribution < 1.29 is 9.90 Å². The monoisotopic (exact) mass is 329 g/mol. The second kappa shape index (κ2) is 5.78. The van der Waals surface area contributed by atoms with Gasteiger partial charge in [-0.15, -0.1) is 0 Å². The topological polar surface area (TPSA) is 40.5 Å². The number of hydrogen-bond acceptors (Lipinski definition) is 2. The van der Waals surface area contributed by atoms with E-state index >= 15 is 0 Å². The number of aromatic hydroxyl groups is 1. The molecule has 0 radical (unpaired) electrons. The van der Waals surface area contributed by atoms with Crippen LogP contribution in [0.2, 0.25) is 0 Å². The fraction of sp³-hybridized carbons (Fsp3) is 0.136. The van der Waals surface area contributed by atoms with Crippen molar-refractivity contribution in [3.63, 3.8) is 0 Å². The first-order valence-corrected chi connectivity index (χ1v) is 8.33. The Morgan fingerprint density at radius 1 is 0.920 bits per heavy atom. The number of phenolic OH excluding ortho intramolecular Hbond substituents is 1. The molecule has 0 heterocycles. The number of nitrogens with zero attached hydrogens (tertiary/aromatic N) is 1. The van der Waals surface area contributed by atoms with E-state index in [1.165, 1.54) is 11.1 Å². The van der Waals surface area contributed by atoms with Gasteiger partial charge < -0.3 is 10.0 Å². The lowest BCUT2D eigenvalue weighted by atomic mass is 10.0. The van der Waals surface area contributed by atoms with Crippen molar-refractivity contribution >= 4 is 5.91 Å². The van der Waals surface area contributed by atoms with Gasteiger partial charge in [0.05, 0.1) is 6.04 Å². The number of fused-ring (bicyclic) bond motifs is 3. The molecule has 0 aliphatic heterocycles. The van der Waals surface area contributed by atoms with E-state index in [4.69, 9.17) is 0 Å². The Balaban J connectivity index is 1.81. The highest BCUT2D eigenvalue weighted by Crippen LogP contribution is 2.46. The molecule has 124 valence electrons. The molecule has 0 atom stereocenters. The number of amides is 1. The Kier molecular flexibility index (Phi) is 3.57. The largest absolute Gasteiger partial charge is 0.508 e. The summed E-state index contributed by atoms with van der Waals surface area (Å²) in [6, 6.07) is 21.2. The molecule has 3 aromatic rings. The highest BCUT2D eigenvalue weighted by atomic mass is 16.3. The zero-order valence-corrected chi connectivity index (χ0v) is 14.2. The summed E-state index contributed by atoms with van der Waals surface area (Å²) in [4.78, 5) is 14.9. The molecule has 0 aromatic heterocycles. The summed E-state index contributed by atoms with van der Waals surface area (Å²) in [5, 5.41) is 9.78. The molecule has 3 nitrogen and oxygen atoms in total. The molecule has 0 spiro atoms. The second-order valence-electron chi connectivity index (χ2n) is 6.49. The van der Waals surface area contributed by atoms with E-state index in [-0.39, 0.29) is 17.7 Å². The van der Waals surface area contributed by atoms with Crippen LogP contribution in [-0.4, -0.2) is 23.0 Å². The molecule has 0 saturated heterocycles. The van der Waals surface area contributed by atoms with Crippen LogP contribution in [-0.2, 0) is 0 Å². The molecular formula is C22H19NO2. The predicted molar refractivity (Wildman–Crippen MR) is 98.7 cm³/mol. The molecule has 0 bridgehead atoms. The highest BCUT2D eigenvalue weighted by Gasteiger charge is 2.33. The summed E-state index contributed by atoms with van der Waals surface area (Å²) >= 11 is 0. The zero-order valence-electron chi connectivity index (χ0n) is 14.2. The normalized spacial score (nSPS) is 12.6. The van der Waals surface area contributed by atoms with Crippen molar-refractivity contribution in [2.75, 3.05) is 7.05 Å².